The number of anilines is 3. The first kappa shape index (κ1) is 16.7. The third kappa shape index (κ3) is 4.05. The van der Waals surface area contributed by atoms with E-state index in [-0.39, 0.29) is 0 Å². The van der Waals surface area contributed by atoms with Gasteiger partial charge in [0.25, 0.3) is 0 Å². The van der Waals surface area contributed by atoms with Crippen molar-refractivity contribution in [3.8, 4) is 0 Å². The highest BCUT2D eigenvalue weighted by molar-refractivity contribution is 5.61. The largest absolute Gasteiger partial charge is 0.351 e. The van der Waals surface area contributed by atoms with Crippen LogP contribution in [0, 0.1) is 13.8 Å². The van der Waals surface area contributed by atoms with Crippen molar-refractivity contribution < 1.29 is 0 Å². The lowest BCUT2D eigenvalue weighted by Gasteiger charge is -2.25. The minimum atomic E-state index is 0.516. The zero-order valence-corrected chi connectivity index (χ0v) is 15.0. The summed E-state index contributed by atoms with van der Waals surface area (Å²) in [7, 11) is 0. The Morgan fingerprint density at radius 3 is 2.58 bits per heavy atom. The van der Waals surface area contributed by atoms with Crippen molar-refractivity contribution >= 4 is 17.5 Å². The molecule has 1 saturated carbocycles. The normalized spacial score (nSPS) is 15.3. The second-order valence-electron chi connectivity index (χ2n) is 6.75. The summed E-state index contributed by atoms with van der Waals surface area (Å²) in [6.07, 6.45) is 6.42. The van der Waals surface area contributed by atoms with Crippen molar-refractivity contribution in [2.45, 2.75) is 58.9 Å². The highest BCUT2D eigenvalue weighted by Crippen LogP contribution is 2.26. The molecule has 1 aromatic heterocycles. The summed E-state index contributed by atoms with van der Waals surface area (Å²) in [5.74, 6) is 1.73. The molecule has 0 bridgehead atoms. The van der Waals surface area contributed by atoms with Crippen LogP contribution < -0.4 is 10.2 Å². The molecule has 128 valence electrons. The Kier molecular flexibility index (Phi) is 5.34. The van der Waals surface area contributed by atoms with Crippen LogP contribution in [0.4, 0.5) is 17.5 Å². The molecule has 2 aromatic rings. The van der Waals surface area contributed by atoms with E-state index in [1.165, 1.54) is 43.4 Å². The van der Waals surface area contributed by atoms with Gasteiger partial charge in [0.2, 0.25) is 5.95 Å². The van der Waals surface area contributed by atoms with Gasteiger partial charge in [0.05, 0.1) is 0 Å². The average molecular weight is 324 g/mol. The van der Waals surface area contributed by atoms with E-state index in [1.54, 1.807) is 0 Å². The van der Waals surface area contributed by atoms with Gasteiger partial charge in [-0.25, -0.2) is 4.98 Å². The van der Waals surface area contributed by atoms with E-state index >= 15 is 0 Å². The first-order valence-corrected chi connectivity index (χ1v) is 9.12. The van der Waals surface area contributed by atoms with Crippen LogP contribution in [0.1, 0.15) is 50.3 Å². The van der Waals surface area contributed by atoms with Crippen LogP contribution in [-0.2, 0) is 0 Å². The zero-order valence-electron chi connectivity index (χ0n) is 15.0. The fourth-order valence-electron chi connectivity index (χ4n) is 3.46. The van der Waals surface area contributed by atoms with Crippen molar-refractivity contribution in [2.24, 2.45) is 0 Å². The molecule has 0 aliphatic heterocycles. The van der Waals surface area contributed by atoms with Crippen LogP contribution in [0.2, 0.25) is 0 Å². The summed E-state index contributed by atoms with van der Waals surface area (Å²) in [5.41, 5.74) is 3.45. The van der Waals surface area contributed by atoms with Gasteiger partial charge < -0.3 is 10.2 Å². The van der Waals surface area contributed by atoms with E-state index in [0.717, 1.165) is 24.0 Å². The molecule has 0 amide bonds. The quantitative estimate of drug-likeness (QED) is 0.840. The van der Waals surface area contributed by atoms with E-state index < -0.39 is 0 Å². The van der Waals surface area contributed by atoms with Crippen LogP contribution >= 0.6 is 0 Å². The molecule has 1 aliphatic carbocycles. The highest BCUT2D eigenvalue weighted by Gasteiger charge is 2.16. The van der Waals surface area contributed by atoms with Gasteiger partial charge in [-0.1, -0.05) is 31.4 Å². The molecule has 1 fully saturated rings. The molecule has 0 radical (unpaired) electrons. The van der Waals surface area contributed by atoms with Crippen molar-refractivity contribution in [1.82, 2.24) is 9.97 Å². The third-order valence-electron chi connectivity index (χ3n) is 4.69. The van der Waals surface area contributed by atoms with Gasteiger partial charge in [0.15, 0.2) is 0 Å². The highest BCUT2D eigenvalue weighted by atomic mass is 15.2. The van der Waals surface area contributed by atoms with Crippen molar-refractivity contribution in [1.29, 1.82) is 0 Å². The Hall–Kier alpha value is -2.10. The van der Waals surface area contributed by atoms with Crippen LogP contribution in [-0.4, -0.2) is 22.6 Å². The third-order valence-corrected chi connectivity index (χ3v) is 4.69. The van der Waals surface area contributed by atoms with Gasteiger partial charge >= 0.3 is 0 Å². The molecule has 1 aliphatic rings. The first-order valence-electron chi connectivity index (χ1n) is 9.12. The minimum Gasteiger partial charge on any atom is -0.351 e. The number of hydrogen-bond acceptors (Lipinski definition) is 4. The molecule has 24 heavy (non-hydrogen) atoms. The Labute approximate surface area is 145 Å². The maximum absolute atomic E-state index is 4.81. The number of aromatic nitrogens is 2. The average Bonchev–Trinajstić information content (AvgIpc) is 2.56. The second kappa shape index (κ2) is 7.65. The van der Waals surface area contributed by atoms with E-state index in [4.69, 9.17) is 4.98 Å². The summed E-state index contributed by atoms with van der Waals surface area (Å²) in [6.45, 7) is 7.21. The van der Waals surface area contributed by atoms with E-state index in [2.05, 4.69) is 59.4 Å². The molecule has 1 heterocycles. The van der Waals surface area contributed by atoms with E-state index in [0.29, 0.717) is 6.04 Å². The zero-order chi connectivity index (χ0) is 16.9. The Morgan fingerprint density at radius 1 is 1.08 bits per heavy atom. The van der Waals surface area contributed by atoms with Crippen molar-refractivity contribution in [3.63, 3.8) is 0 Å². The van der Waals surface area contributed by atoms with Crippen LogP contribution in [0.15, 0.2) is 30.3 Å². The summed E-state index contributed by atoms with van der Waals surface area (Å²) in [4.78, 5) is 11.7. The molecule has 0 saturated heterocycles. The lowest BCUT2D eigenvalue weighted by molar-refractivity contribution is 0.461. The van der Waals surface area contributed by atoms with Gasteiger partial charge in [-0.2, -0.15) is 4.98 Å². The number of nitrogens with zero attached hydrogens (tertiary/aromatic N) is 3. The number of nitrogens with one attached hydrogen (secondary N) is 1. The van der Waals surface area contributed by atoms with Crippen LogP contribution in [0.5, 0.6) is 0 Å². The number of aryl methyl sites for hydroxylation is 2. The molecule has 1 aromatic carbocycles. The number of rotatable bonds is 5. The van der Waals surface area contributed by atoms with E-state index in [1.807, 2.05) is 6.92 Å². The lowest BCUT2D eigenvalue weighted by atomic mass is 9.96. The molecule has 1 N–H and O–H groups in total. The molecule has 0 spiro atoms. The minimum absolute atomic E-state index is 0.516. The molecule has 4 nitrogen and oxygen atoms in total. The molecule has 3 rings (SSSR count). The molecule has 4 heteroatoms. The standard InChI is InChI=1S/C20H28N4/c1-4-24(18-12-8-9-15(2)13-18)19-14-16(3)21-20(23-19)22-17-10-6-5-7-11-17/h8-9,12-14,17H,4-7,10-11H2,1-3H3,(H,21,22,23). The van der Waals surface area contributed by atoms with Gasteiger partial charge in [0.1, 0.15) is 5.82 Å². The van der Waals surface area contributed by atoms with Crippen molar-refractivity contribution in [3.05, 3.63) is 41.6 Å². The molecular formula is C20H28N4. The summed E-state index contributed by atoms with van der Waals surface area (Å²) >= 11 is 0. The fourth-order valence-corrected chi connectivity index (χ4v) is 3.46. The number of benzene rings is 1. The van der Waals surface area contributed by atoms with Crippen molar-refractivity contribution in [2.75, 3.05) is 16.8 Å². The summed E-state index contributed by atoms with van der Waals surface area (Å²) < 4.78 is 0. The Bertz CT molecular complexity index is 677. The topological polar surface area (TPSA) is 41.1 Å². The molecule has 0 unspecified atom stereocenters. The van der Waals surface area contributed by atoms with Gasteiger partial charge in [0, 0.05) is 30.0 Å². The monoisotopic (exact) mass is 324 g/mol. The lowest BCUT2D eigenvalue weighted by Crippen LogP contribution is -2.25. The molecule has 0 atom stereocenters. The maximum Gasteiger partial charge on any atom is 0.225 e. The predicted octanol–water partition coefficient (Wildman–Crippen LogP) is 5.00. The van der Waals surface area contributed by atoms with Gasteiger partial charge in [-0.15, -0.1) is 0 Å². The van der Waals surface area contributed by atoms with Crippen LogP contribution in [0.25, 0.3) is 0 Å². The SMILES string of the molecule is CCN(c1cccc(C)c1)c1cc(C)nc(NC2CCCCC2)n1. The van der Waals surface area contributed by atoms with Gasteiger partial charge in [-0.05, 0) is 51.3 Å². The summed E-state index contributed by atoms with van der Waals surface area (Å²) in [5, 5.41) is 3.55. The maximum atomic E-state index is 4.81. The Morgan fingerprint density at radius 2 is 1.88 bits per heavy atom. The molecular weight excluding hydrogens is 296 g/mol. The Balaban J connectivity index is 1.86. The number of hydrogen-bond donors (Lipinski definition) is 1. The predicted molar refractivity (Wildman–Crippen MR) is 101 cm³/mol. The first-order chi connectivity index (χ1) is 11.7. The smallest absolute Gasteiger partial charge is 0.225 e. The van der Waals surface area contributed by atoms with Gasteiger partial charge in [-0.3, -0.25) is 0 Å². The van der Waals surface area contributed by atoms with Crippen LogP contribution in [0.3, 0.4) is 0 Å². The fraction of sp³-hybridized carbons (Fsp3) is 0.500. The summed E-state index contributed by atoms with van der Waals surface area (Å²) in [6, 6.07) is 11.2. The van der Waals surface area contributed by atoms with E-state index in [9.17, 15) is 0 Å². The second-order valence-corrected chi connectivity index (χ2v) is 6.75.